The number of anilines is 1. The molecule has 0 unspecified atom stereocenters. The Morgan fingerprint density at radius 1 is 0.939 bits per heavy atom. The van der Waals surface area contributed by atoms with Gasteiger partial charge >= 0.3 is 0 Å². The van der Waals surface area contributed by atoms with Gasteiger partial charge in [-0.05, 0) is 48.9 Å². The molecule has 3 aromatic carbocycles. The number of carbonyl (C=O) groups excluding carboxylic acids is 3. The third kappa shape index (κ3) is 4.74. The molecule has 0 saturated carbocycles. The van der Waals surface area contributed by atoms with Crippen molar-refractivity contribution >= 4 is 35.0 Å². The van der Waals surface area contributed by atoms with Crippen molar-refractivity contribution < 1.29 is 23.9 Å². The zero-order valence-corrected chi connectivity index (χ0v) is 18.6. The van der Waals surface area contributed by atoms with Gasteiger partial charge in [0.2, 0.25) is 0 Å². The maximum Gasteiger partial charge on any atom is 0.261 e. The molecule has 1 aliphatic rings. The molecule has 0 radical (unpaired) electrons. The second-order valence-electron chi connectivity index (χ2n) is 7.35. The molecule has 8 heteroatoms. The highest BCUT2D eigenvalue weighted by atomic mass is 35.5. The third-order valence-electron chi connectivity index (χ3n) is 5.15. The van der Waals surface area contributed by atoms with Crippen LogP contribution in [0.25, 0.3) is 0 Å². The van der Waals surface area contributed by atoms with Gasteiger partial charge in [0.25, 0.3) is 17.7 Å². The molecule has 0 saturated heterocycles. The van der Waals surface area contributed by atoms with Crippen LogP contribution in [0.3, 0.4) is 0 Å². The number of imide groups is 1. The monoisotopic (exact) mass is 464 g/mol. The smallest absolute Gasteiger partial charge is 0.261 e. The Morgan fingerprint density at radius 2 is 1.64 bits per heavy atom. The largest absolute Gasteiger partial charge is 0.454 e. The molecule has 0 bridgehead atoms. The van der Waals surface area contributed by atoms with Gasteiger partial charge in [-0.2, -0.15) is 0 Å². The van der Waals surface area contributed by atoms with E-state index in [-0.39, 0.29) is 29.1 Å². The van der Waals surface area contributed by atoms with Gasteiger partial charge in [-0.1, -0.05) is 35.9 Å². The minimum absolute atomic E-state index is 0.214. The van der Waals surface area contributed by atoms with Crippen LogP contribution >= 0.6 is 11.6 Å². The van der Waals surface area contributed by atoms with Crippen molar-refractivity contribution in [2.75, 3.05) is 25.6 Å². The maximum absolute atomic E-state index is 12.9. The Labute approximate surface area is 195 Å². The van der Waals surface area contributed by atoms with Crippen molar-refractivity contribution in [1.29, 1.82) is 0 Å². The summed E-state index contributed by atoms with van der Waals surface area (Å²) >= 11 is 6.18. The average molecular weight is 465 g/mol. The number of methoxy groups -OCH3 is 1. The van der Waals surface area contributed by atoms with Gasteiger partial charge in [-0.15, -0.1) is 0 Å². The SMILES string of the molecule is COCCCN1C(=O)c2ccc(C(=O)Nc3ccccc3Oc3ccccc3Cl)cc2C1=O. The van der Waals surface area contributed by atoms with Crippen LogP contribution in [0.4, 0.5) is 5.69 Å². The fourth-order valence-electron chi connectivity index (χ4n) is 3.50. The van der Waals surface area contributed by atoms with Crippen molar-refractivity contribution in [3.05, 3.63) is 88.4 Å². The van der Waals surface area contributed by atoms with Crippen LogP contribution in [0.5, 0.6) is 11.5 Å². The lowest BCUT2D eigenvalue weighted by molar-refractivity contribution is 0.0638. The second-order valence-corrected chi connectivity index (χ2v) is 7.76. The number of halogens is 1. The molecule has 3 amide bonds. The minimum Gasteiger partial charge on any atom is -0.454 e. The van der Waals surface area contributed by atoms with E-state index in [2.05, 4.69) is 5.32 Å². The number of nitrogens with zero attached hydrogens (tertiary/aromatic N) is 1. The number of fused-ring (bicyclic) bond motifs is 1. The molecule has 4 rings (SSSR count). The normalized spacial score (nSPS) is 12.6. The van der Waals surface area contributed by atoms with Crippen LogP contribution in [0.1, 0.15) is 37.5 Å². The average Bonchev–Trinajstić information content (AvgIpc) is 3.06. The first-order valence-corrected chi connectivity index (χ1v) is 10.7. The number of para-hydroxylation sites is 3. The molecule has 0 atom stereocenters. The first kappa shape index (κ1) is 22.5. The summed E-state index contributed by atoms with van der Waals surface area (Å²) in [4.78, 5) is 39.4. The van der Waals surface area contributed by atoms with E-state index in [0.717, 1.165) is 0 Å². The Morgan fingerprint density at radius 3 is 2.39 bits per heavy atom. The molecule has 168 valence electrons. The van der Waals surface area contributed by atoms with Crippen molar-refractivity contribution in [1.82, 2.24) is 4.90 Å². The quantitative estimate of drug-likeness (QED) is 0.374. The number of benzene rings is 3. The number of carbonyl (C=O) groups is 3. The van der Waals surface area contributed by atoms with E-state index in [4.69, 9.17) is 21.1 Å². The maximum atomic E-state index is 12.9. The Kier molecular flexibility index (Phi) is 6.72. The molecule has 0 aromatic heterocycles. The highest BCUT2D eigenvalue weighted by Gasteiger charge is 2.35. The lowest BCUT2D eigenvalue weighted by atomic mass is 10.1. The van der Waals surface area contributed by atoms with E-state index < -0.39 is 11.8 Å². The lowest BCUT2D eigenvalue weighted by Gasteiger charge is -2.13. The predicted molar refractivity (Wildman–Crippen MR) is 124 cm³/mol. The van der Waals surface area contributed by atoms with Crippen molar-refractivity contribution in [2.45, 2.75) is 6.42 Å². The van der Waals surface area contributed by atoms with Crippen molar-refractivity contribution in [3.8, 4) is 11.5 Å². The van der Waals surface area contributed by atoms with Gasteiger partial charge in [-0.25, -0.2) is 0 Å². The molecule has 3 aromatic rings. The Bertz CT molecular complexity index is 1230. The van der Waals surface area contributed by atoms with E-state index in [0.29, 0.717) is 35.2 Å². The lowest BCUT2D eigenvalue weighted by Crippen LogP contribution is -2.31. The highest BCUT2D eigenvalue weighted by Crippen LogP contribution is 2.33. The number of hydrogen-bond acceptors (Lipinski definition) is 5. The molecule has 0 spiro atoms. The summed E-state index contributed by atoms with van der Waals surface area (Å²) in [6.45, 7) is 0.700. The Hall–Kier alpha value is -3.68. The van der Waals surface area contributed by atoms with E-state index >= 15 is 0 Å². The topological polar surface area (TPSA) is 84.9 Å². The number of hydrogen-bond donors (Lipinski definition) is 1. The fraction of sp³-hybridized carbons (Fsp3) is 0.160. The summed E-state index contributed by atoms with van der Waals surface area (Å²) < 4.78 is 10.9. The fourth-order valence-corrected chi connectivity index (χ4v) is 3.68. The van der Waals surface area contributed by atoms with Gasteiger partial charge in [0.1, 0.15) is 5.75 Å². The van der Waals surface area contributed by atoms with E-state index in [1.165, 1.54) is 23.1 Å². The summed E-state index contributed by atoms with van der Waals surface area (Å²) in [6.07, 6.45) is 0.539. The van der Waals surface area contributed by atoms with Gasteiger partial charge < -0.3 is 14.8 Å². The number of amides is 3. The summed E-state index contributed by atoms with van der Waals surface area (Å²) in [5.74, 6) is -0.349. The van der Waals surface area contributed by atoms with Crippen LogP contribution < -0.4 is 10.1 Å². The molecule has 33 heavy (non-hydrogen) atoms. The van der Waals surface area contributed by atoms with E-state index in [1.807, 2.05) is 0 Å². The first-order chi connectivity index (χ1) is 16.0. The second kappa shape index (κ2) is 9.85. The molecular formula is C25H21ClN2O5. The predicted octanol–water partition coefficient (Wildman–Crippen LogP) is 5.02. The molecule has 1 heterocycles. The van der Waals surface area contributed by atoms with E-state index in [1.54, 1.807) is 55.6 Å². The van der Waals surface area contributed by atoms with Crippen molar-refractivity contribution in [2.24, 2.45) is 0 Å². The molecule has 1 aliphatic heterocycles. The van der Waals surface area contributed by atoms with Crippen LogP contribution in [0, 0.1) is 0 Å². The van der Waals surface area contributed by atoms with Gasteiger partial charge in [0, 0.05) is 25.8 Å². The zero-order valence-electron chi connectivity index (χ0n) is 17.8. The summed E-state index contributed by atoms with van der Waals surface area (Å²) in [6, 6.07) is 18.4. The first-order valence-electron chi connectivity index (χ1n) is 10.3. The molecule has 1 N–H and O–H groups in total. The van der Waals surface area contributed by atoms with E-state index in [9.17, 15) is 14.4 Å². The standard InChI is InChI=1S/C25H21ClN2O5/c1-32-14-6-13-28-24(30)17-12-11-16(15-18(17)25(28)31)23(29)27-20-8-3-5-10-22(20)33-21-9-4-2-7-19(21)26/h2-5,7-12,15H,6,13-14H2,1H3,(H,27,29). The minimum atomic E-state index is -0.439. The van der Waals surface area contributed by atoms with Crippen molar-refractivity contribution in [3.63, 3.8) is 0 Å². The third-order valence-corrected chi connectivity index (χ3v) is 5.47. The number of nitrogens with one attached hydrogen (secondary N) is 1. The number of rotatable bonds is 8. The highest BCUT2D eigenvalue weighted by molar-refractivity contribution is 6.32. The molecule has 0 fully saturated rings. The van der Waals surface area contributed by atoms with Crippen LogP contribution in [-0.2, 0) is 4.74 Å². The van der Waals surface area contributed by atoms with Crippen LogP contribution in [-0.4, -0.2) is 42.9 Å². The summed E-state index contributed by atoms with van der Waals surface area (Å²) in [7, 11) is 1.56. The zero-order chi connectivity index (χ0) is 23.4. The Balaban J connectivity index is 1.53. The molecule has 0 aliphatic carbocycles. The van der Waals surface area contributed by atoms with Gasteiger partial charge in [0.15, 0.2) is 5.75 Å². The van der Waals surface area contributed by atoms with Gasteiger partial charge in [0.05, 0.1) is 21.8 Å². The van der Waals surface area contributed by atoms with Gasteiger partial charge in [-0.3, -0.25) is 19.3 Å². The summed E-state index contributed by atoms with van der Waals surface area (Å²) in [5, 5.41) is 3.24. The number of ether oxygens (including phenoxy) is 2. The molecular weight excluding hydrogens is 444 g/mol. The summed E-state index contributed by atoms with van der Waals surface area (Å²) in [5.41, 5.74) is 1.19. The molecule has 7 nitrogen and oxygen atoms in total. The van der Waals surface area contributed by atoms with Crippen LogP contribution in [0.15, 0.2) is 66.7 Å². The van der Waals surface area contributed by atoms with Crippen LogP contribution in [0.2, 0.25) is 5.02 Å².